The maximum Gasteiger partial charge on any atom is 0.416 e. The van der Waals surface area contributed by atoms with Gasteiger partial charge in [0.25, 0.3) is 0 Å². The number of benzene rings is 1. The monoisotopic (exact) mass is 427 g/mol. The van der Waals surface area contributed by atoms with E-state index in [-0.39, 0.29) is 30.5 Å². The Bertz CT molecular complexity index is 497. The van der Waals surface area contributed by atoms with E-state index < -0.39 is 11.7 Å². The van der Waals surface area contributed by atoms with Crippen LogP contribution in [0.5, 0.6) is 0 Å². The van der Waals surface area contributed by atoms with Gasteiger partial charge in [-0.15, -0.1) is 24.0 Å². The van der Waals surface area contributed by atoms with Crippen molar-refractivity contribution >= 4 is 29.9 Å². The van der Waals surface area contributed by atoms with Crippen LogP contribution in [-0.4, -0.2) is 30.5 Å². The molecule has 0 amide bonds. The molecule has 1 aliphatic heterocycles. The highest BCUT2D eigenvalue weighted by Gasteiger charge is 2.30. The highest BCUT2D eigenvalue weighted by Crippen LogP contribution is 2.29. The van der Waals surface area contributed by atoms with Gasteiger partial charge in [-0.1, -0.05) is 12.1 Å². The summed E-state index contributed by atoms with van der Waals surface area (Å²) >= 11 is 0. The third-order valence-corrected chi connectivity index (χ3v) is 3.41. The number of alkyl halides is 3. The molecule has 1 aromatic rings. The Morgan fingerprint density at radius 2 is 1.95 bits per heavy atom. The third-order valence-electron chi connectivity index (χ3n) is 3.41. The summed E-state index contributed by atoms with van der Waals surface area (Å²) in [7, 11) is 0. The number of nitrogens with zero attached hydrogens (tertiary/aromatic N) is 2. The molecule has 0 spiro atoms. The van der Waals surface area contributed by atoms with Crippen molar-refractivity contribution in [1.29, 1.82) is 0 Å². The van der Waals surface area contributed by atoms with Crippen LogP contribution >= 0.6 is 24.0 Å². The van der Waals surface area contributed by atoms with Gasteiger partial charge in [0.2, 0.25) is 0 Å². The van der Waals surface area contributed by atoms with Crippen LogP contribution in [0.3, 0.4) is 0 Å². The second-order valence-electron chi connectivity index (χ2n) is 5.06. The fraction of sp³-hybridized carbons (Fsp3) is 0.533. The van der Waals surface area contributed by atoms with E-state index in [1.165, 1.54) is 6.07 Å². The van der Waals surface area contributed by atoms with Gasteiger partial charge in [0.05, 0.1) is 12.1 Å². The lowest BCUT2D eigenvalue weighted by Crippen LogP contribution is -2.39. The first-order valence-electron chi connectivity index (χ1n) is 7.20. The van der Waals surface area contributed by atoms with Gasteiger partial charge >= 0.3 is 6.18 Å². The van der Waals surface area contributed by atoms with Gasteiger partial charge in [-0.2, -0.15) is 13.2 Å². The molecule has 2 rings (SSSR count). The number of aliphatic imine (C=N–C) groups is 1. The van der Waals surface area contributed by atoms with Crippen molar-refractivity contribution in [1.82, 2.24) is 10.2 Å². The average Bonchev–Trinajstić information content (AvgIpc) is 2.97. The number of halogens is 4. The van der Waals surface area contributed by atoms with Crippen LogP contribution in [0.4, 0.5) is 13.2 Å². The standard InChI is InChI=1S/C15H20F3N3.HI/c1-2-19-14(21-8-3-4-9-21)20-11-12-6-5-7-13(10-12)15(16,17)18;/h5-7,10H,2-4,8-9,11H2,1H3,(H,19,20);1H. The quantitative estimate of drug-likeness (QED) is 0.451. The molecule has 1 N–H and O–H groups in total. The minimum atomic E-state index is -4.31. The van der Waals surface area contributed by atoms with Crippen LogP contribution in [0.2, 0.25) is 0 Å². The van der Waals surface area contributed by atoms with E-state index in [0.717, 1.165) is 50.6 Å². The fourth-order valence-corrected chi connectivity index (χ4v) is 2.37. The van der Waals surface area contributed by atoms with E-state index in [9.17, 15) is 13.2 Å². The Balaban J connectivity index is 0.00000242. The van der Waals surface area contributed by atoms with Crippen LogP contribution in [0.1, 0.15) is 30.9 Å². The summed E-state index contributed by atoms with van der Waals surface area (Å²) in [6.07, 6.45) is -2.04. The van der Waals surface area contributed by atoms with E-state index in [2.05, 4.69) is 15.2 Å². The van der Waals surface area contributed by atoms with Crippen LogP contribution in [0.25, 0.3) is 0 Å². The first-order valence-corrected chi connectivity index (χ1v) is 7.20. The van der Waals surface area contributed by atoms with Crippen molar-refractivity contribution < 1.29 is 13.2 Å². The number of hydrogen-bond donors (Lipinski definition) is 1. The molecule has 0 bridgehead atoms. The summed E-state index contributed by atoms with van der Waals surface area (Å²) in [4.78, 5) is 6.60. The zero-order valence-corrected chi connectivity index (χ0v) is 14.8. The molecule has 1 aromatic carbocycles. The molecule has 0 saturated carbocycles. The maximum absolute atomic E-state index is 12.7. The molecule has 124 valence electrons. The SMILES string of the molecule is CCNC(=NCc1cccc(C(F)(F)F)c1)N1CCCC1.I. The van der Waals surface area contributed by atoms with E-state index in [4.69, 9.17) is 0 Å². The zero-order chi connectivity index (χ0) is 15.3. The van der Waals surface area contributed by atoms with Gasteiger partial charge in [0, 0.05) is 19.6 Å². The summed E-state index contributed by atoms with van der Waals surface area (Å²) in [6, 6.07) is 5.35. The van der Waals surface area contributed by atoms with Gasteiger partial charge in [0.15, 0.2) is 5.96 Å². The molecule has 7 heteroatoms. The van der Waals surface area contributed by atoms with Crippen molar-refractivity contribution in [3.05, 3.63) is 35.4 Å². The molecule has 1 fully saturated rings. The van der Waals surface area contributed by atoms with Crippen molar-refractivity contribution in [2.75, 3.05) is 19.6 Å². The van der Waals surface area contributed by atoms with Crippen molar-refractivity contribution in [2.45, 2.75) is 32.5 Å². The molecule has 1 saturated heterocycles. The van der Waals surface area contributed by atoms with Gasteiger partial charge in [0.1, 0.15) is 0 Å². The summed E-state index contributed by atoms with van der Waals surface area (Å²) < 4.78 is 38.0. The highest BCUT2D eigenvalue weighted by molar-refractivity contribution is 14.0. The van der Waals surface area contributed by atoms with E-state index in [1.807, 2.05) is 6.92 Å². The van der Waals surface area contributed by atoms with Gasteiger partial charge in [-0.25, -0.2) is 4.99 Å². The summed E-state index contributed by atoms with van der Waals surface area (Å²) in [6.45, 7) is 4.89. The topological polar surface area (TPSA) is 27.6 Å². The number of hydrogen-bond acceptors (Lipinski definition) is 1. The largest absolute Gasteiger partial charge is 0.416 e. The first-order chi connectivity index (χ1) is 10.0. The van der Waals surface area contributed by atoms with Crippen molar-refractivity contribution in [2.24, 2.45) is 4.99 Å². The number of guanidine groups is 1. The van der Waals surface area contributed by atoms with Crippen molar-refractivity contribution in [3.8, 4) is 0 Å². The molecule has 1 heterocycles. The minimum absolute atomic E-state index is 0. The van der Waals surface area contributed by atoms with E-state index in [1.54, 1.807) is 6.07 Å². The Labute approximate surface area is 146 Å². The smallest absolute Gasteiger partial charge is 0.357 e. The van der Waals surface area contributed by atoms with Crippen LogP contribution < -0.4 is 5.32 Å². The highest BCUT2D eigenvalue weighted by atomic mass is 127. The van der Waals surface area contributed by atoms with Gasteiger partial charge in [-0.05, 0) is 37.5 Å². The lowest BCUT2D eigenvalue weighted by atomic mass is 10.1. The van der Waals surface area contributed by atoms with E-state index >= 15 is 0 Å². The Kier molecular flexibility index (Phi) is 7.44. The fourth-order valence-electron chi connectivity index (χ4n) is 2.37. The molecule has 1 aliphatic rings. The summed E-state index contributed by atoms with van der Waals surface area (Å²) in [5, 5.41) is 3.19. The van der Waals surface area contributed by atoms with Crippen LogP contribution in [-0.2, 0) is 12.7 Å². The Hall–Kier alpha value is -0.990. The second-order valence-corrected chi connectivity index (χ2v) is 5.06. The molecule has 0 atom stereocenters. The average molecular weight is 427 g/mol. The normalized spacial score (nSPS) is 15.6. The predicted octanol–water partition coefficient (Wildman–Crippen LogP) is 3.88. The lowest BCUT2D eigenvalue weighted by molar-refractivity contribution is -0.137. The van der Waals surface area contributed by atoms with Gasteiger partial charge in [-0.3, -0.25) is 0 Å². The minimum Gasteiger partial charge on any atom is -0.357 e. The summed E-state index contributed by atoms with van der Waals surface area (Å²) in [5.41, 5.74) is -0.0548. The predicted molar refractivity (Wildman–Crippen MR) is 92.5 cm³/mol. The Morgan fingerprint density at radius 1 is 1.27 bits per heavy atom. The third kappa shape index (κ3) is 5.33. The number of rotatable bonds is 3. The van der Waals surface area contributed by atoms with Crippen molar-refractivity contribution in [3.63, 3.8) is 0 Å². The maximum atomic E-state index is 12.7. The second kappa shape index (κ2) is 8.59. The lowest BCUT2D eigenvalue weighted by Gasteiger charge is -2.20. The molecule has 0 aromatic heterocycles. The Morgan fingerprint density at radius 3 is 2.55 bits per heavy atom. The molecule has 0 radical (unpaired) electrons. The number of nitrogens with one attached hydrogen (secondary N) is 1. The molecular weight excluding hydrogens is 406 g/mol. The zero-order valence-electron chi connectivity index (χ0n) is 12.5. The summed E-state index contributed by atoms with van der Waals surface area (Å²) in [5.74, 6) is 0.785. The molecule has 3 nitrogen and oxygen atoms in total. The molecule has 0 aliphatic carbocycles. The molecule has 22 heavy (non-hydrogen) atoms. The van der Waals surface area contributed by atoms with Crippen LogP contribution in [0, 0.1) is 0 Å². The number of likely N-dealkylation sites (tertiary alicyclic amines) is 1. The first kappa shape index (κ1) is 19.1. The molecule has 0 unspecified atom stereocenters. The van der Waals surface area contributed by atoms with E-state index in [0.29, 0.717) is 5.56 Å². The van der Waals surface area contributed by atoms with Gasteiger partial charge < -0.3 is 10.2 Å². The molecular formula is C15H21F3IN3. The van der Waals surface area contributed by atoms with Crippen LogP contribution in [0.15, 0.2) is 29.3 Å².